The lowest BCUT2D eigenvalue weighted by Gasteiger charge is -1.98. The van der Waals surface area contributed by atoms with Gasteiger partial charge in [-0.15, -0.1) is 11.3 Å². The number of hydrogen-bond acceptors (Lipinski definition) is 2. The van der Waals surface area contributed by atoms with E-state index in [4.69, 9.17) is 0 Å². The Kier molecular flexibility index (Phi) is 2.88. The van der Waals surface area contributed by atoms with E-state index in [1.807, 2.05) is 29.8 Å². The van der Waals surface area contributed by atoms with Gasteiger partial charge in [0.25, 0.3) is 5.91 Å². The van der Waals surface area contributed by atoms with Crippen molar-refractivity contribution in [2.45, 2.75) is 18.8 Å². The first kappa shape index (κ1) is 11.4. The van der Waals surface area contributed by atoms with Gasteiger partial charge in [0.1, 0.15) is 0 Å². The summed E-state index contributed by atoms with van der Waals surface area (Å²) in [5, 5.41) is 2.12. The summed E-state index contributed by atoms with van der Waals surface area (Å²) in [4.78, 5) is 17.0. The molecule has 1 aromatic carbocycles. The summed E-state index contributed by atoms with van der Waals surface area (Å²) in [6, 6.07) is 9.19. The van der Waals surface area contributed by atoms with Crippen LogP contribution in [0.25, 0.3) is 0 Å². The van der Waals surface area contributed by atoms with Crippen LogP contribution in [0.4, 0.5) is 0 Å². The van der Waals surface area contributed by atoms with Crippen molar-refractivity contribution in [3.63, 3.8) is 0 Å². The predicted molar refractivity (Wildman–Crippen MR) is 71.6 cm³/mol. The molecule has 2 aromatic rings. The van der Waals surface area contributed by atoms with Crippen LogP contribution in [0, 0.1) is 0 Å². The Hall–Kier alpha value is -1.68. The molecule has 4 heteroatoms. The first-order chi connectivity index (χ1) is 8.75. The maximum absolute atomic E-state index is 12.0. The minimum absolute atomic E-state index is 0.171. The third kappa shape index (κ3) is 2.16. The van der Waals surface area contributed by atoms with E-state index < -0.39 is 0 Å². The molecule has 0 radical (unpaired) electrons. The molecule has 3 rings (SSSR count). The summed E-state index contributed by atoms with van der Waals surface area (Å²) in [5.74, 6) is 0.512. The number of nitrogens with zero attached hydrogens (tertiary/aromatic N) is 2. The van der Waals surface area contributed by atoms with Crippen LogP contribution in [-0.4, -0.2) is 10.5 Å². The number of rotatable bonds is 2. The number of carbonyl (C=O) groups excluding carboxylic acids is 1. The van der Waals surface area contributed by atoms with Gasteiger partial charge in [-0.25, -0.2) is 0 Å². The second-order valence-corrected chi connectivity index (χ2v) is 5.40. The standard InChI is InChI=1S/C14H14N2OS/c1-16-12(10-7-8-10)9-18-14(16)15-13(17)11-5-3-2-4-6-11/h2-6,9-10H,7-8H2,1H3/b15-14+. The molecule has 0 bridgehead atoms. The van der Waals surface area contributed by atoms with E-state index in [1.165, 1.54) is 18.5 Å². The Morgan fingerprint density at radius 1 is 1.33 bits per heavy atom. The van der Waals surface area contributed by atoms with Gasteiger partial charge in [-0.2, -0.15) is 4.99 Å². The van der Waals surface area contributed by atoms with Crippen LogP contribution < -0.4 is 4.80 Å². The minimum atomic E-state index is -0.171. The molecule has 1 heterocycles. The van der Waals surface area contributed by atoms with Crippen molar-refractivity contribution in [1.82, 2.24) is 4.57 Å². The molecule has 1 aliphatic carbocycles. The highest BCUT2D eigenvalue weighted by Crippen LogP contribution is 2.39. The first-order valence-electron chi connectivity index (χ1n) is 6.04. The normalized spacial score (nSPS) is 15.9. The molecule has 3 nitrogen and oxygen atoms in total. The van der Waals surface area contributed by atoms with Gasteiger partial charge in [-0.3, -0.25) is 4.79 Å². The van der Waals surface area contributed by atoms with Crippen LogP contribution in [0.2, 0.25) is 0 Å². The van der Waals surface area contributed by atoms with Gasteiger partial charge >= 0.3 is 0 Å². The SMILES string of the molecule is Cn1c(C2CC2)cs/c1=N/C(=O)c1ccccc1. The molecule has 92 valence electrons. The van der Waals surface area contributed by atoms with E-state index in [0.29, 0.717) is 11.5 Å². The quantitative estimate of drug-likeness (QED) is 0.815. The second kappa shape index (κ2) is 4.53. The Morgan fingerprint density at radius 3 is 2.72 bits per heavy atom. The number of hydrogen-bond donors (Lipinski definition) is 0. The summed E-state index contributed by atoms with van der Waals surface area (Å²) in [6.45, 7) is 0. The average molecular weight is 258 g/mol. The molecular weight excluding hydrogens is 244 g/mol. The zero-order valence-corrected chi connectivity index (χ0v) is 11.0. The third-order valence-electron chi connectivity index (χ3n) is 3.17. The third-order valence-corrected chi connectivity index (χ3v) is 4.11. The van der Waals surface area contributed by atoms with Crippen LogP contribution in [0.15, 0.2) is 40.7 Å². The van der Waals surface area contributed by atoms with Gasteiger partial charge in [0.15, 0.2) is 4.80 Å². The summed E-state index contributed by atoms with van der Waals surface area (Å²) in [6.07, 6.45) is 2.52. The highest BCUT2D eigenvalue weighted by atomic mass is 32.1. The molecule has 0 saturated heterocycles. The number of benzene rings is 1. The summed E-state index contributed by atoms with van der Waals surface area (Å²) < 4.78 is 2.04. The monoisotopic (exact) mass is 258 g/mol. The zero-order chi connectivity index (χ0) is 12.5. The fourth-order valence-electron chi connectivity index (χ4n) is 1.96. The molecule has 1 amide bonds. The molecule has 0 aliphatic heterocycles. The van der Waals surface area contributed by atoms with Crippen molar-refractivity contribution in [3.8, 4) is 0 Å². The predicted octanol–water partition coefficient (Wildman–Crippen LogP) is 2.71. The van der Waals surface area contributed by atoms with E-state index in [0.717, 1.165) is 4.80 Å². The summed E-state index contributed by atoms with van der Waals surface area (Å²) >= 11 is 1.54. The zero-order valence-electron chi connectivity index (χ0n) is 10.2. The van der Waals surface area contributed by atoms with Crippen LogP contribution in [-0.2, 0) is 7.05 Å². The van der Waals surface area contributed by atoms with Crippen molar-refractivity contribution >= 4 is 17.2 Å². The summed E-state index contributed by atoms with van der Waals surface area (Å²) in [7, 11) is 1.99. The highest BCUT2D eigenvalue weighted by molar-refractivity contribution is 7.07. The lowest BCUT2D eigenvalue weighted by atomic mass is 10.2. The molecule has 0 N–H and O–H groups in total. The van der Waals surface area contributed by atoms with Gasteiger partial charge in [-0.05, 0) is 25.0 Å². The summed E-state index contributed by atoms with van der Waals surface area (Å²) in [5.41, 5.74) is 1.94. The van der Waals surface area contributed by atoms with E-state index in [-0.39, 0.29) is 5.91 Å². The topological polar surface area (TPSA) is 34.4 Å². The fraction of sp³-hybridized carbons (Fsp3) is 0.286. The average Bonchev–Trinajstić information content (AvgIpc) is 3.17. The van der Waals surface area contributed by atoms with Crippen molar-refractivity contribution in [2.24, 2.45) is 12.0 Å². The lowest BCUT2D eigenvalue weighted by molar-refractivity contribution is 0.0998. The van der Waals surface area contributed by atoms with Gasteiger partial charge in [0.2, 0.25) is 0 Å². The second-order valence-electron chi connectivity index (χ2n) is 4.56. The molecule has 1 aliphatic rings. The van der Waals surface area contributed by atoms with Crippen LogP contribution in [0.5, 0.6) is 0 Å². The Labute approximate surface area is 109 Å². The van der Waals surface area contributed by atoms with Gasteiger partial charge < -0.3 is 4.57 Å². The maximum Gasteiger partial charge on any atom is 0.279 e. The van der Waals surface area contributed by atoms with Crippen molar-refractivity contribution in [1.29, 1.82) is 0 Å². The van der Waals surface area contributed by atoms with Crippen molar-refractivity contribution in [2.75, 3.05) is 0 Å². The van der Waals surface area contributed by atoms with Gasteiger partial charge in [-0.1, -0.05) is 18.2 Å². The Balaban J connectivity index is 1.94. The molecule has 1 saturated carbocycles. The molecule has 1 aromatic heterocycles. The first-order valence-corrected chi connectivity index (χ1v) is 6.92. The minimum Gasteiger partial charge on any atom is -0.323 e. The van der Waals surface area contributed by atoms with Crippen molar-refractivity contribution in [3.05, 3.63) is 51.8 Å². The van der Waals surface area contributed by atoms with E-state index >= 15 is 0 Å². The maximum atomic E-state index is 12.0. The van der Waals surface area contributed by atoms with Gasteiger partial charge in [0, 0.05) is 29.6 Å². The fourth-order valence-corrected chi connectivity index (χ4v) is 2.94. The molecular formula is C14H14N2OS. The Morgan fingerprint density at radius 2 is 2.06 bits per heavy atom. The number of amides is 1. The molecule has 0 spiro atoms. The smallest absolute Gasteiger partial charge is 0.279 e. The van der Waals surface area contributed by atoms with Crippen molar-refractivity contribution < 1.29 is 4.79 Å². The van der Waals surface area contributed by atoms with Crippen LogP contribution in [0.1, 0.15) is 34.8 Å². The van der Waals surface area contributed by atoms with Crippen LogP contribution in [0.3, 0.4) is 0 Å². The van der Waals surface area contributed by atoms with E-state index in [9.17, 15) is 4.79 Å². The van der Waals surface area contributed by atoms with Gasteiger partial charge in [0.05, 0.1) is 0 Å². The molecule has 0 atom stereocenters. The van der Waals surface area contributed by atoms with E-state index in [1.54, 1.807) is 23.5 Å². The number of carbonyl (C=O) groups is 1. The van der Waals surface area contributed by atoms with E-state index in [2.05, 4.69) is 10.4 Å². The number of thiazole rings is 1. The van der Waals surface area contributed by atoms with Crippen LogP contribution >= 0.6 is 11.3 Å². The molecule has 18 heavy (non-hydrogen) atoms. The Bertz CT molecular complexity index is 635. The highest BCUT2D eigenvalue weighted by Gasteiger charge is 2.26. The largest absolute Gasteiger partial charge is 0.323 e. The number of aromatic nitrogens is 1. The molecule has 1 fully saturated rings. The molecule has 0 unspecified atom stereocenters. The lowest BCUT2D eigenvalue weighted by Crippen LogP contribution is -2.15.